The van der Waals surface area contributed by atoms with E-state index in [1.165, 1.54) is 19.2 Å². The molecule has 9 heteroatoms. The molecule has 21 heavy (non-hydrogen) atoms. The average molecular weight is 377 g/mol. The Morgan fingerprint density at radius 3 is 2.67 bits per heavy atom. The molecule has 0 saturated heterocycles. The standard InChI is InChI=1S/C12H10BrFN2O4S/c1-6-11(12(17)18)9(5-15-6)16-21(19,20)10-3-2-7(13)4-8(10)14/h2-5,15-16H,1H3,(H,17,18). The van der Waals surface area contributed by atoms with Crippen LogP contribution in [0.3, 0.4) is 0 Å². The van der Waals surface area contributed by atoms with Crippen LogP contribution in [-0.2, 0) is 10.0 Å². The highest BCUT2D eigenvalue weighted by Crippen LogP contribution is 2.25. The number of hydrogen-bond acceptors (Lipinski definition) is 3. The van der Waals surface area contributed by atoms with Crippen LogP contribution in [0.5, 0.6) is 0 Å². The highest BCUT2D eigenvalue weighted by Gasteiger charge is 2.23. The average Bonchev–Trinajstić information content (AvgIpc) is 2.68. The molecule has 1 aromatic carbocycles. The Morgan fingerprint density at radius 2 is 2.10 bits per heavy atom. The van der Waals surface area contributed by atoms with Crippen molar-refractivity contribution in [2.45, 2.75) is 11.8 Å². The van der Waals surface area contributed by atoms with Crippen molar-refractivity contribution in [1.82, 2.24) is 4.98 Å². The smallest absolute Gasteiger partial charge is 0.339 e. The SMILES string of the molecule is Cc1[nH]cc(NS(=O)(=O)c2ccc(Br)cc2F)c1C(=O)O. The zero-order valence-electron chi connectivity index (χ0n) is 10.6. The van der Waals surface area contributed by atoms with Gasteiger partial charge in [0.25, 0.3) is 10.0 Å². The van der Waals surface area contributed by atoms with Gasteiger partial charge in [-0.1, -0.05) is 15.9 Å². The monoisotopic (exact) mass is 376 g/mol. The number of halogens is 2. The quantitative estimate of drug-likeness (QED) is 0.763. The molecule has 0 fully saturated rings. The van der Waals surface area contributed by atoms with Gasteiger partial charge in [-0.3, -0.25) is 4.72 Å². The second-order valence-electron chi connectivity index (χ2n) is 4.19. The maximum Gasteiger partial charge on any atom is 0.339 e. The predicted octanol–water partition coefficient (Wildman–Crippen LogP) is 2.72. The highest BCUT2D eigenvalue weighted by molar-refractivity contribution is 9.10. The second kappa shape index (κ2) is 5.49. The summed E-state index contributed by atoms with van der Waals surface area (Å²) in [5.41, 5.74) is -0.0742. The number of carboxylic acids is 1. The molecule has 0 aliphatic rings. The Morgan fingerprint density at radius 1 is 1.43 bits per heavy atom. The van der Waals surface area contributed by atoms with Crippen LogP contribution < -0.4 is 4.72 Å². The van der Waals surface area contributed by atoms with E-state index in [2.05, 4.69) is 25.6 Å². The van der Waals surface area contributed by atoms with Crippen molar-refractivity contribution in [3.05, 3.63) is 45.9 Å². The van der Waals surface area contributed by atoms with Gasteiger partial charge in [0.2, 0.25) is 0 Å². The molecule has 2 rings (SSSR count). The largest absolute Gasteiger partial charge is 0.478 e. The zero-order chi connectivity index (χ0) is 15.8. The van der Waals surface area contributed by atoms with Crippen molar-refractivity contribution in [1.29, 1.82) is 0 Å². The minimum absolute atomic E-state index is 0.151. The van der Waals surface area contributed by atoms with Gasteiger partial charge in [0, 0.05) is 16.4 Å². The number of rotatable bonds is 4. The van der Waals surface area contributed by atoms with Gasteiger partial charge in [-0.25, -0.2) is 17.6 Å². The molecule has 112 valence electrons. The lowest BCUT2D eigenvalue weighted by molar-refractivity contribution is 0.0697. The molecule has 0 atom stereocenters. The van der Waals surface area contributed by atoms with E-state index in [0.717, 1.165) is 12.1 Å². The molecule has 0 bridgehead atoms. The Bertz CT molecular complexity index is 817. The van der Waals surface area contributed by atoms with Crippen LogP contribution in [-0.4, -0.2) is 24.5 Å². The fraction of sp³-hybridized carbons (Fsp3) is 0.0833. The van der Waals surface area contributed by atoms with Gasteiger partial charge >= 0.3 is 5.97 Å². The molecule has 3 N–H and O–H groups in total. The lowest BCUT2D eigenvalue weighted by Crippen LogP contribution is -2.16. The lowest BCUT2D eigenvalue weighted by atomic mass is 10.2. The molecule has 0 amide bonds. The molecule has 0 aliphatic heterocycles. The van der Waals surface area contributed by atoms with E-state index < -0.39 is 26.7 Å². The zero-order valence-corrected chi connectivity index (χ0v) is 13.0. The van der Waals surface area contributed by atoms with Gasteiger partial charge < -0.3 is 10.1 Å². The molecule has 2 aromatic rings. The first-order valence-electron chi connectivity index (χ1n) is 5.61. The van der Waals surface area contributed by atoms with E-state index in [9.17, 15) is 17.6 Å². The van der Waals surface area contributed by atoms with Gasteiger partial charge in [-0.05, 0) is 25.1 Å². The normalized spacial score (nSPS) is 11.4. The Labute approximate surface area is 128 Å². The van der Waals surface area contributed by atoms with Crippen molar-refractivity contribution in [2.24, 2.45) is 0 Å². The van der Waals surface area contributed by atoms with Crippen LogP contribution in [0.1, 0.15) is 16.1 Å². The number of anilines is 1. The third kappa shape index (κ3) is 3.08. The molecular formula is C12H10BrFN2O4S. The van der Waals surface area contributed by atoms with Crippen LogP contribution in [0.25, 0.3) is 0 Å². The summed E-state index contributed by atoms with van der Waals surface area (Å²) >= 11 is 3.03. The fourth-order valence-electron chi connectivity index (χ4n) is 1.78. The summed E-state index contributed by atoms with van der Waals surface area (Å²) in [7, 11) is -4.23. The summed E-state index contributed by atoms with van der Waals surface area (Å²) in [6, 6.07) is 3.47. The number of aromatic nitrogens is 1. The van der Waals surface area contributed by atoms with E-state index in [4.69, 9.17) is 5.11 Å². The lowest BCUT2D eigenvalue weighted by Gasteiger charge is -2.08. The first kappa shape index (κ1) is 15.5. The fourth-order valence-corrected chi connectivity index (χ4v) is 3.23. The molecule has 0 unspecified atom stereocenters. The van der Waals surface area contributed by atoms with E-state index in [0.29, 0.717) is 4.47 Å². The second-order valence-corrected chi connectivity index (χ2v) is 6.75. The number of nitrogens with one attached hydrogen (secondary N) is 2. The van der Waals surface area contributed by atoms with E-state index in [1.807, 2.05) is 0 Å². The number of carbonyl (C=O) groups is 1. The topological polar surface area (TPSA) is 99.3 Å². The maximum absolute atomic E-state index is 13.7. The van der Waals surface area contributed by atoms with E-state index in [1.54, 1.807) is 0 Å². The van der Waals surface area contributed by atoms with Gasteiger partial charge in [0.05, 0.1) is 5.69 Å². The van der Waals surface area contributed by atoms with E-state index >= 15 is 0 Å². The first-order chi connectivity index (χ1) is 9.72. The Balaban J connectivity index is 2.45. The number of sulfonamides is 1. The minimum atomic E-state index is -4.23. The maximum atomic E-state index is 13.7. The van der Waals surface area contributed by atoms with E-state index in [-0.39, 0.29) is 16.9 Å². The van der Waals surface area contributed by atoms with Crippen molar-refractivity contribution in [3.8, 4) is 0 Å². The van der Waals surface area contributed by atoms with Crippen LogP contribution in [0.4, 0.5) is 10.1 Å². The number of benzene rings is 1. The van der Waals surface area contributed by atoms with Crippen LogP contribution in [0, 0.1) is 12.7 Å². The summed E-state index contributed by atoms with van der Waals surface area (Å²) < 4.78 is 40.5. The summed E-state index contributed by atoms with van der Waals surface area (Å²) in [6.45, 7) is 1.49. The number of hydrogen-bond donors (Lipinski definition) is 3. The minimum Gasteiger partial charge on any atom is -0.478 e. The number of aromatic amines is 1. The molecule has 1 heterocycles. The van der Waals surface area contributed by atoms with Crippen molar-refractivity contribution in [3.63, 3.8) is 0 Å². The van der Waals surface area contributed by atoms with Gasteiger partial charge in [0.15, 0.2) is 0 Å². The highest BCUT2D eigenvalue weighted by atomic mass is 79.9. The molecule has 6 nitrogen and oxygen atoms in total. The Kier molecular flexibility index (Phi) is 4.06. The number of H-pyrrole nitrogens is 1. The molecule has 0 aliphatic carbocycles. The third-order valence-electron chi connectivity index (χ3n) is 2.72. The van der Waals surface area contributed by atoms with Crippen LogP contribution in [0.15, 0.2) is 33.8 Å². The van der Waals surface area contributed by atoms with Crippen molar-refractivity contribution >= 4 is 37.6 Å². The Hall–Kier alpha value is -1.87. The number of aromatic carboxylic acids is 1. The summed E-state index contributed by atoms with van der Waals surface area (Å²) in [5, 5.41) is 9.06. The van der Waals surface area contributed by atoms with Crippen LogP contribution >= 0.6 is 15.9 Å². The summed E-state index contributed by atoms with van der Waals surface area (Å²) in [4.78, 5) is 13.1. The molecular weight excluding hydrogens is 367 g/mol. The molecule has 0 radical (unpaired) electrons. The van der Waals surface area contributed by atoms with Gasteiger partial charge in [-0.2, -0.15) is 0 Å². The summed E-state index contributed by atoms with van der Waals surface area (Å²) in [5.74, 6) is -2.23. The van der Waals surface area contributed by atoms with Gasteiger partial charge in [-0.15, -0.1) is 0 Å². The molecule has 0 saturated carbocycles. The van der Waals surface area contributed by atoms with Crippen molar-refractivity contribution < 1.29 is 22.7 Å². The number of aryl methyl sites for hydroxylation is 1. The van der Waals surface area contributed by atoms with Gasteiger partial charge in [0.1, 0.15) is 16.3 Å². The molecule has 0 spiro atoms. The third-order valence-corrected chi connectivity index (χ3v) is 4.61. The van der Waals surface area contributed by atoms with Crippen molar-refractivity contribution in [2.75, 3.05) is 4.72 Å². The summed E-state index contributed by atoms with van der Waals surface area (Å²) in [6.07, 6.45) is 1.20. The number of carboxylic acid groups (broad SMARTS) is 1. The predicted molar refractivity (Wildman–Crippen MR) is 77.4 cm³/mol. The molecule has 1 aromatic heterocycles. The first-order valence-corrected chi connectivity index (χ1v) is 7.89. The van der Waals surface area contributed by atoms with Crippen LogP contribution in [0.2, 0.25) is 0 Å².